The van der Waals surface area contributed by atoms with Crippen LogP contribution < -0.4 is 0 Å². The second-order valence-electron chi connectivity index (χ2n) is 4.36. The number of piperazine rings is 1. The summed E-state index contributed by atoms with van der Waals surface area (Å²) in [7, 11) is 0. The van der Waals surface area contributed by atoms with Crippen molar-refractivity contribution in [3.05, 3.63) is 0 Å². The van der Waals surface area contributed by atoms with Crippen molar-refractivity contribution in [2.24, 2.45) is 5.92 Å². The first kappa shape index (κ1) is 18.3. The van der Waals surface area contributed by atoms with Gasteiger partial charge in [-0.15, -0.1) is 24.8 Å². The number of carbonyl (C=O) groups is 1. The topological polar surface area (TPSA) is 43.8 Å². The predicted molar refractivity (Wildman–Crippen MR) is 69.8 cm³/mol. The molecule has 16 heavy (non-hydrogen) atoms. The van der Waals surface area contributed by atoms with E-state index in [1.165, 1.54) is 0 Å². The summed E-state index contributed by atoms with van der Waals surface area (Å²) in [6.45, 7) is 9.53. The Kier molecular flexibility index (Phi) is 10.4. The summed E-state index contributed by atoms with van der Waals surface area (Å²) in [5.74, 6) is -0.0247. The maximum absolute atomic E-state index is 10.5. The zero-order chi connectivity index (χ0) is 10.6. The lowest BCUT2D eigenvalue weighted by Crippen LogP contribution is -2.48. The molecule has 0 spiro atoms. The van der Waals surface area contributed by atoms with Crippen LogP contribution in [0.4, 0.5) is 0 Å². The fourth-order valence-corrected chi connectivity index (χ4v) is 1.84. The number of aliphatic carboxylic acids is 1. The van der Waals surface area contributed by atoms with E-state index >= 15 is 0 Å². The van der Waals surface area contributed by atoms with Gasteiger partial charge in [-0.1, -0.05) is 13.8 Å². The highest BCUT2D eigenvalue weighted by molar-refractivity contribution is 5.85. The van der Waals surface area contributed by atoms with Crippen molar-refractivity contribution < 1.29 is 9.90 Å². The van der Waals surface area contributed by atoms with E-state index in [0.29, 0.717) is 5.92 Å². The van der Waals surface area contributed by atoms with Gasteiger partial charge in [0, 0.05) is 32.7 Å². The average Bonchev–Trinajstić information content (AvgIpc) is 2.06. The largest absolute Gasteiger partial charge is 0.480 e. The molecule has 0 aliphatic carbocycles. The molecule has 0 unspecified atom stereocenters. The number of hydrogen-bond donors (Lipinski definition) is 1. The summed E-state index contributed by atoms with van der Waals surface area (Å²) in [5, 5.41) is 8.62. The molecule has 0 aromatic rings. The lowest BCUT2D eigenvalue weighted by molar-refractivity contribution is -0.138. The molecular formula is C10H22Cl2N2O2. The van der Waals surface area contributed by atoms with E-state index < -0.39 is 5.97 Å². The molecule has 1 aliphatic rings. The van der Waals surface area contributed by atoms with Gasteiger partial charge in [-0.2, -0.15) is 0 Å². The van der Waals surface area contributed by atoms with Gasteiger partial charge in [0.2, 0.25) is 0 Å². The quantitative estimate of drug-likeness (QED) is 0.835. The molecule has 4 nitrogen and oxygen atoms in total. The number of rotatable bonds is 4. The molecule has 0 amide bonds. The van der Waals surface area contributed by atoms with E-state index in [0.717, 1.165) is 32.7 Å². The molecule has 6 heteroatoms. The molecule has 1 N–H and O–H groups in total. The highest BCUT2D eigenvalue weighted by Gasteiger charge is 2.18. The molecule has 1 rings (SSSR count). The van der Waals surface area contributed by atoms with Crippen molar-refractivity contribution in [3.8, 4) is 0 Å². The molecular weight excluding hydrogens is 251 g/mol. The summed E-state index contributed by atoms with van der Waals surface area (Å²) in [6.07, 6.45) is 0. The molecule has 0 saturated carbocycles. The van der Waals surface area contributed by atoms with Crippen LogP contribution in [0.1, 0.15) is 13.8 Å². The zero-order valence-corrected chi connectivity index (χ0v) is 11.5. The maximum atomic E-state index is 10.5. The molecule has 1 heterocycles. The first-order valence-electron chi connectivity index (χ1n) is 5.24. The fourth-order valence-electron chi connectivity index (χ4n) is 1.84. The fraction of sp³-hybridized carbons (Fsp3) is 0.900. The predicted octanol–water partition coefficient (Wildman–Crippen LogP) is 1.19. The minimum absolute atomic E-state index is 0. The van der Waals surface area contributed by atoms with Gasteiger partial charge in [-0.25, -0.2) is 0 Å². The summed E-state index contributed by atoms with van der Waals surface area (Å²) in [6, 6.07) is 0. The number of carboxylic acid groups (broad SMARTS) is 1. The van der Waals surface area contributed by atoms with E-state index in [4.69, 9.17) is 5.11 Å². The molecule has 1 fully saturated rings. The number of hydrogen-bond acceptors (Lipinski definition) is 3. The van der Waals surface area contributed by atoms with E-state index in [1.54, 1.807) is 0 Å². The van der Waals surface area contributed by atoms with E-state index in [1.807, 2.05) is 4.90 Å². The van der Waals surface area contributed by atoms with Crippen LogP contribution in [0.15, 0.2) is 0 Å². The van der Waals surface area contributed by atoms with Crippen LogP contribution in [0.5, 0.6) is 0 Å². The Balaban J connectivity index is 0. The smallest absolute Gasteiger partial charge is 0.317 e. The minimum Gasteiger partial charge on any atom is -0.480 e. The van der Waals surface area contributed by atoms with Gasteiger partial charge in [0.15, 0.2) is 0 Å². The van der Waals surface area contributed by atoms with Crippen LogP contribution in [0.3, 0.4) is 0 Å². The Bertz CT molecular complexity index is 195. The number of carboxylic acids is 1. The molecule has 0 aromatic heterocycles. The van der Waals surface area contributed by atoms with Crippen molar-refractivity contribution in [2.75, 3.05) is 39.3 Å². The van der Waals surface area contributed by atoms with E-state index in [9.17, 15) is 4.79 Å². The normalized spacial score (nSPS) is 17.7. The Morgan fingerprint density at radius 3 is 1.94 bits per heavy atom. The standard InChI is InChI=1S/C10H20N2O2.2ClH/c1-9(2)7-11-3-5-12(6-4-11)8-10(13)14;;/h9H,3-8H2,1-2H3,(H,13,14);2*1H. The van der Waals surface area contributed by atoms with Crippen molar-refractivity contribution in [1.29, 1.82) is 0 Å². The van der Waals surface area contributed by atoms with E-state index in [-0.39, 0.29) is 31.4 Å². The average molecular weight is 273 g/mol. The SMILES string of the molecule is CC(C)CN1CCN(CC(=O)O)CC1.Cl.Cl. The lowest BCUT2D eigenvalue weighted by Gasteiger charge is -2.34. The van der Waals surface area contributed by atoms with E-state index in [2.05, 4.69) is 18.7 Å². The monoisotopic (exact) mass is 272 g/mol. The summed E-state index contributed by atoms with van der Waals surface area (Å²) in [5.41, 5.74) is 0. The van der Waals surface area contributed by atoms with Crippen LogP contribution in [0.25, 0.3) is 0 Å². The molecule has 1 aliphatic heterocycles. The minimum atomic E-state index is -0.720. The van der Waals surface area contributed by atoms with Crippen molar-refractivity contribution in [3.63, 3.8) is 0 Å². The summed E-state index contributed by atoms with van der Waals surface area (Å²) >= 11 is 0. The van der Waals surface area contributed by atoms with Gasteiger partial charge in [-0.05, 0) is 5.92 Å². The van der Waals surface area contributed by atoms with Gasteiger partial charge >= 0.3 is 5.97 Å². The summed E-state index contributed by atoms with van der Waals surface area (Å²) in [4.78, 5) is 14.9. The molecule has 0 atom stereocenters. The third kappa shape index (κ3) is 7.28. The third-order valence-electron chi connectivity index (χ3n) is 2.45. The Hall–Kier alpha value is -0.0300. The van der Waals surface area contributed by atoms with Crippen LogP contribution in [0.2, 0.25) is 0 Å². The number of nitrogens with zero attached hydrogens (tertiary/aromatic N) is 2. The Morgan fingerprint density at radius 2 is 1.56 bits per heavy atom. The highest BCUT2D eigenvalue weighted by Crippen LogP contribution is 2.04. The van der Waals surface area contributed by atoms with Gasteiger partial charge < -0.3 is 10.0 Å². The maximum Gasteiger partial charge on any atom is 0.317 e. The first-order valence-corrected chi connectivity index (χ1v) is 5.24. The van der Waals surface area contributed by atoms with Gasteiger partial charge in [-0.3, -0.25) is 9.69 Å². The van der Waals surface area contributed by atoms with Gasteiger partial charge in [0.25, 0.3) is 0 Å². The second kappa shape index (κ2) is 9.05. The molecule has 98 valence electrons. The number of halogens is 2. The van der Waals surface area contributed by atoms with Crippen molar-refractivity contribution >= 4 is 30.8 Å². The lowest BCUT2D eigenvalue weighted by atomic mass is 10.2. The Labute approximate surface area is 110 Å². The molecule has 1 saturated heterocycles. The molecule has 0 radical (unpaired) electrons. The summed E-state index contributed by atoms with van der Waals surface area (Å²) < 4.78 is 0. The first-order chi connectivity index (χ1) is 6.58. The Morgan fingerprint density at radius 1 is 1.12 bits per heavy atom. The van der Waals surface area contributed by atoms with Gasteiger partial charge in [0.1, 0.15) is 0 Å². The van der Waals surface area contributed by atoms with Gasteiger partial charge in [0.05, 0.1) is 6.54 Å². The zero-order valence-electron chi connectivity index (χ0n) is 9.89. The van der Waals surface area contributed by atoms with Crippen LogP contribution in [-0.2, 0) is 4.79 Å². The third-order valence-corrected chi connectivity index (χ3v) is 2.45. The second-order valence-corrected chi connectivity index (χ2v) is 4.36. The van der Waals surface area contributed by atoms with Crippen molar-refractivity contribution in [1.82, 2.24) is 9.80 Å². The van der Waals surface area contributed by atoms with Crippen LogP contribution in [-0.4, -0.2) is 60.1 Å². The van der Waals surface area contributed by atoms with Crippen molar-refractivity contribution in [2.45, 2.75) is 13.8 Å². The highest BCUT2D eigenvalue weighted by atomic mass is 35.5. The molecule has 0 bridgehead atoms. The van der Waals surface area contributed by atoms with Crippen LogP contribution in [0, 0.1) is 5.92 Å². The van der Waals surface area contributed by atoms with Crippen LogP contribution >= 0.6 is 24.8 Å². The molecule has 0 aromatic carbocycles.